The van der Waals surface area contributed by atoms with E-state index in [9.17, 15) is 14.9 Å². The zero-order chi connectivity index (χ0) is 18.9. The van der Waals surface area contributed by atoms with E-state index in [4.69, 9.17) is 5.73 Å². The number of amides is 1. The minimum Gasteiger partial charge on any atom is -0.340 e. The molecule has 144 valence electrons. The highest BCUT2D eigenvalue weighted by Gasteiger charge is 2.40. The second-order valence-electron chi connectivity index (χ2n) is 7.32. The van der Waals surface area contributed by atoms with Gasteiger partial charge in [-0.25, -0.2) is 0 Å². The number of halogens is 1. The van der Waals surface area contributed by atoms with Crippen LogP contribution in [0.15, 0.2) is 54.6 Å². The third-order valence-corrected chi connectivity index (χ3v) is 5.21. The fourth-order valence-corrected chi connectivity index (χ4v) is 3.57. The van der Waals surface area contributed by atoms with Crippen LogP contribution >= 0.6 is 12.4 Å². The summed E-state index contributed by atoms with van der Waals surface area (Å²) in [6.07, 6.45) is 0. The SMILES string of the molecule is CC(C)(C(=O)N1C[C@@H](N)[C@H](c2ccccc2)C1)c1ccc([N+](=O)[O-])cc1.Cl. The molecule has 1 heterocycles. The molecule has 3 rings (SSSR count). The van der Waals surface area contributed by atoms with E-state index < -0.39 is 10.3 Å². The molecule has 0 unspecified atom stereocenters. The number of nitro groups is 1. The van der Waals surface area contributed by atoms with Crippen molar-refractivity contribution in [2.75, 3.05) is 13.1 Å². The topological polar surface area (TPSA) is 89.5 Å². The van der Waals surface area contributed by atoms with Gasteiger partial charge in [-0.1, -0.05) is 42.5 Å². The average molecular weight is 390 g/mol. The molecule has 1 saturated heterocycles. The maximum atomic E-state index is 13.1. The first kappa shape index (κ1) is 20.9. The number of benzene rings is 2. The molecule has 1 aliphatic rings. The Balaban J connectivity index is 0.00000261. The molecule has 2 aromatic carbocycles. The Labute approximate surface area is 164 Å². The van der Waals surface area contributed by atoms with E-state index in [1.807, 2.05) is 49.1 Å². The van der Waals surface area contributed by atoms with Crippen molar-refractivity contribution in [1.82, 2.24) is 4.90 Å². The minimum absolute atomic E-state index is 0. The van der Waals surface area contributed by atoms with Gasteiger partial charge in [-0.2, -0.15) is 0 Å². The minimum atomic E-state index is -0.777. The van der Waals surface area contributed by atoms with Gasteiger partial charge in [0, 0.05) is 37.2 Å². The van der Waals surface area contributed by atoms with E-state index >= 15 is 0 Å². The first-order valence-corrected chi connectivity index (χ1v) is 8.65. The number of carbonyl (C=O) groups is 1. The Morgan fingerprint density at radius 2 is 1.70 bits per heavy atom. The van der Waals surface area contributed by atoms with Gasteiger partial charge in [0.25, 0.3) is 5.69 Å². The van der Waals surface area contributed by atoms with Gasteiger partial charge in [-0.15, -0.1) is 12.4 Å². The summed E-state index contributed by atoms with van der Waals surface area (Å²) >= 11 is 0. The van der Waals surface area contributed by atoms with Crippen molar-refractivity contribution in [3.63, 3.8) is 0 Å². The maximum absolute atomic E-state index is 13.1. The van der Waals surface area contributed by atoms with Crippen LogP contribution < -0.4 is 5.73 Å². The summed E-state index contributed by atoms with van der Waals surface area (Å²) in [5, 5.41) is 10.8. The van der Waals surface area contributed by atoms with Gasteiger partial charge in [0.2, 0.25) is 5.91 Å². The summed E-state index contributed by atoms with van der Waals surface area (Å²) in [6, 6.07) is 16.1. The Morgan fingerprint density at radius 3 is 2.26 bits per heavy atom. The Hall–Kier alpha value is -2.44. The molecule has 1 aliphatic heterocycles. The van der Waals surface area contributed by atoms with Gasteiger partial charge in [-0.3, -0.25) is 14.9 Å². The molecule has 0 radical (unpaired) electrons. The molecule has 2 atom stereocenters. The quantitative estimate of drug-likeness (QED) is 0.642. The first-order chi connectivity index (χ1) is 12.3. The third kappa shape index (κ3) is 4.12. The number of hydrogen-bond donors (Lipinski definition) is 1. The molecule has 0 saturated carbocycles. The number of hydrogen-bond acceptors (Lipinski definition) is 4. The van der Waals surface area contributed by atoms with Crippen LogP contribution in [0.25, 0.3) is 0 Å². The maximum Gasteiger partial charge on any atom is 0.269 e. The van der Waals surface area contributed by atoms with Crippen LogP contribution in [0, 0.1) is 10.1 Å². The normalized spacial score (nSPS) is 19.4. The fraction of sp³-hybridized carbons (Fsp3) is 0.350. The largest absolute Gasteiger partial charge is 0.340 e. The molecule has 0 aliphatic carbocycles. The summed E-state index contributed by atoms with van der Waals surface area (Å²) in [6.45, 7) is 4.78. The molecule has 27 heavy (non-hydrogen) atoms. The molecule has 1 fully saturated rings. The lowest BCUT2D eigenvalue weighted by Gasteiger charge is -2.29. The number of likely N-dealkylation sites (tertiary alicyclic amines) is 1. The van der Waals surface area contributed by atoms with Crippen LogP contribution in [-0.4, -0.2) is 34.9 Å². The van der Waals surface area contributed by atoms with E-state index in [0.29, 0.717) is 13.1 Å². The van der Waals surface area contributed by atoms with Crippen LogP contribution in [0.2, 0.25) is 0 Å². The number of non-ortho nitro benzene ring substituents is 1. The Kier molecular flexibility index (Phi) is 6.23. The molecule has 0 spiro atoms. The van der Waals surface area contributed by atoms with Crippen LogP contribution in [0.3, 0.4) is 0 Å². The smallest absolute Gasteiger partial charge is 0.269 e. The highest BCUT2D eigenvalue weighted by atomic mass is 35.5. The highest BCUT2D eigenvalue weighted by molar-refractivity contribution is 5.88. The van der Waals surface area contributed by atoms with E-state index in [-0.39, 0.29) is 36.0 Å². The lowest BCUT2D eigenvalue weighted by molar-refractivity contribution is -0.384. The van der Waals surface area contributed by atoms with Crippen molar-refractivity contribution in [1.29, 1.82) is 0 Å². The van der Waals surface area contributed by atoms with Gasteiger partial charge in [0.15, 0.2) is 0 Å². The number of nitro benzene ring substituents is 1. The summed E-state index contributed by atoms with van der Waals surface area (Å²) in [5.41, 5.74) is 7.44. The first-order valence-electron chi connectivity index (χ1n) is 8.65. The number of nitrogens with zero attached hydrogens (tertiary/aromatic N) is 2. The lowest BCUT2D eigenvalue weighted by atomic mass is 9.83. The molecule has 0 aromatic heterocycles. The van der Waals surface area contributed by atoms with E-state index in [0.717, 1.165) is 11.1 Å². The van der Waals surface area contributed by atoms with Crippen molar-refractivity contribution in [2.45, 2.75) is 31.2 Å². The highest BCUT2D eigenvalue weighted by Crippen LogP contribution is 2.32. The summed E-state index contributed by atoms with van der Waals surface area (Å²) in [7, 11) is 0. The van der Waals surface area contributed by atoms with Crippen molar-refractivity contribution < 1.29 is 9.72 Å². The fourth-order valence-electron chi connectivity index (χ4n) is 3.57. The summed E-state index contributed by atoms with van der Waals surface area (Å²) in [4.78, 5) is 25.3. The predicted octanol–water partition coefficient (Wildman–Crippen LogP) is 3.25. The summed E-state index contributed by atoms with van der Waals surface area (Å²) < 4.78 is 0. The van der Waals surface area contributed by atoms with E-state index in [2.05, 4.69) is 0 Å². The van der Waals surface area contributed by atoms with E-state index in [1.165, 1.54) is 12.1 Å². The van der Waals surface area contributed by atoms with Gasteiger partial charge in [0.05, 0.1) is 10.3 Å². The standard InChI is InChI=1S/C20H23N3O3.ClH/c1-20(2,15-8-10-16(11-9-15)23(25)26)19(24)22-12-17(18(21)13-22)14-6-4-3-5-7-14;/h3-11,17-18H,12-13,21H2,1-2H3;1H/t17-,18+;/m0./s1. The Morgan fingerprint density at radius 1 is 1.11 bits per heavy atom. The molecule has 2 N–H and O–H groups in total. The van der Waals surface area contributed by atoms with Crippen molar-refractivity contribution in [2.24, 2.45) is 5.73 Å². The van der Waals surface area contributed by atoms with Crippen molar-refractivity contribution in [3.05, 3.63) is 75.8 Å². The monoisotopic (exact) mass is 389 g/mol. The van der Waals surface area contributed by atoms with Crippen LogP contribution in [0.4, 0.5) is 5.69 Å². The zero-order valence-corrected chi connectivity index (χ0v) is 16.2. The van der Waals surface area contributed by atoms with Crippen molar-refractivity contribution >= 4 is 24.0 Å². The van der Waals surface area contributed by atoms with Gasteiger partial charge in [0.1, 0.15) is 0 Å². The van der Waals surface area contributed by atoms with Crippen LogP contribution in [-0.2, 0) is 10.2 Å². The van der Waals surface area contributed by atoms with Crippen molar-refractivity contribution in [3.8, 4) is 0 Å². The molecular weight excluding hydrogens is 366 g/mol. The Bertz CT molecular complexity index is 809. The zero-order valence-electron chi connectivity index (χ0n) is 15.4. The average Bonchev–Trinajstić information content (AvgIpc) is 3.03. The van der Waals surface area contributed by atoms with E-state index in [1.54, 1.807) is 12.1 Å². The summed E-state index contributed by atoms with van der Waals surface area (Å²) in [5.74, 6) is 0.105. The number of nitrogens with two attached hydrogens (primary N) is 1. The molecule has 2 aromatic rings. The predicted molar refractivity (Wildman–Crippen MR) is 107 cm³/mol. The number of rotatable bonds is 4. The van der Waals surface area contributed by atoms with Gasteiger partial charge >= 0.3 is 0 Å². The van der Waals surface area contributed by atoms with Gasteiger partial charge < -0.3 is 10.6 Å². The second kappa shape index (κ2) is 8.06. The second-order valence-corrected chi connectivity index (χ2v) is 7.32. The molecule has 1 amide bonds. The molecule has 6 nitrogen and oxygen atoms in total. The van der Waals surface area contributed by atoms with Gasteiger partial charge in [-0.05, 0) is 25.0 Å². The molecule has 7 heteroatoms. The van der Waals surface area contributed by atoms with Crippen LogP contribution in [0.5, 0.6) is 0 Å². The third-order valence-electron chi connectivity index (χ3n) is 5.21. The molecule has 0 bridgehead atoms. The lowest BCUT2D eigenvalue weighted by Crippen LogP contribution is -2.43. The van der Waals surface area contributed by atoms with Crippen LogP contribution in [0.1, 0.15) is 30.9 Å². The number of carbonyl (C=O) groups excluding carboxylic acids is 1. The molecular formula is C20H24ClN3O3.